The maximum atomic E-state index is 12.9. The molecule has 3 amide bonds. The number of para-hydroxylation sites is 1. The molecule has 0 fully saturated rings. The van der Waals surface area contributed by atoms with E-state index in [1.165, 1.54) is 12.5 Å². The van der Waals surface area contributed by atoms with Crippen molar-refractivity contribution in [2.24, 2.45) is 5.73 Å². The van der Waals surface area contributed by atoms with Gasteiger partial charge in [-0.2, -0.15) is 12.6 Å². The summed E-state index contributed by atoms with van der Waals surface area (Å²) in [5.74, 6) is -3.19. The second-order valence-electron chi connectivity index (χ2n) is 7.87. The molecule has 12 nitrogen and oxygen atoms in total. The number of carboxylic acid groups (broad SMARTS) is 1. The van der Waals surface area contributed by atoms with Crippen molar-refractivity contribution in [3.8, 4) is 0 Å². The van der Waals surface area contributed by atoms with Crippen LogP contribution in [-0.2, 0) is 32.0 Å². The maximum absolute atomic E-state index is 12.9. The molecule has 3 aromatic rings. The fourth-order valence-electron chi connectivity index (χ4n) is 3.49. The molecular formula is C22H27N7O5S. The average molecular weight is 502 g/mol. The number of amides is 3. The van der Waals surface area contributed by atoms with E-state index in [1.807, 2.05) is 24.3 Å². The van der Waals surface area contributed by atoms with Gasteiger partial charge in [-0.1, -0.05) is 18.2 Å². The van der Waals surface area contributed by atoms with E-state index in [1.54, 1.807) is 6.20 Å². The van der Waals surface area contributed by atoms with E-state index >= 15 is 0 Å². The summed E-state index contributed by atoms with van der Waals surface area (Å²) in [6.07, 6.45) is 4.96. The molecule has 0 aliphatic heterocycles. The van der Waals surface area contributed by atoms with Crippen LogP contribution >= 0.6 is 12.6 Å². The number of hydrogen-bond donors (Lipinski definition) is 8. The zero-order chi connectivity index (χ0) is 25.4. The number of carbonyl (C=O) groups is 4. The van der Waals surface area contributed by atoms with E-state index in [2.05, 4.69) is 43.5 Å². The van der Waals surface area contributed by atoms with E-state index in [0.29, 0.717) is 5.69 Å². The molecule has 0 saturated heterocycles. The largest absolute Gasteiger partial charge is 0.480 e. The van der Waals surface area contributed by atoms with Crippen molar-refractivity contribution in [1.29, 1.82) is 0 Å². The molecule has 8 N–H and O–H groups in total. The number of carbonyl (C=O) groups excluding carboxylic acids is 3. The topological polar surface area (TPSA) is 195 Å². The Morgan fingerprint density at radius 2 is 1.77 bits per heavy atom. The van der Waals surface area contributed by atoms with Crippen molar-refractivity contribution in [1.82, 2.24) is 30.9 Å². The van der Waals surface area contributed by atoms with Gasteiger partial charge in [0, 0.05) is 41.2 Å². The Labute approximate surface area is 205 Å². The molecule has 2 heterocycles. The zero-order valence-electron chi connectivity index (χ0n) is 18.7. The van der Waals surface area contributed by atoms with Gasteiger partial charge in [-0.3, -0.25) is 19.2 Å². The number of aromatic nitrogens is 3. The van der Waals surface area contributed by atoms with Crippen molar-refractivity contribution < 1.29 is 24.3 Å². The number of nitrogens with two attached hydrogens (primary N) is 1. The third-order valence-corrected chi connectivity index (χ3v) is 5.66. The lowest BCUT2D eigenvalue weighted by atomic mass is 10.0. The summed E-state index contributed by atoms with van der Waals surface area (Å²) in [4.78, 5) is 58.7. The summed E-state index contributed by atoms with van der Waals surface area (Å²) in [7, 11) is 0. The standard InChI is InChI=1S/C22H27N7O5S/c23-15(5-12-7-25-16-4-2-1-3-14(12)16)20(32)29-18(10-35)22(34)28-17(6-13-8-24-11-27-13)21(33)26-9-19(30)31/h1-4,7-8,11,15,17-18,25,35H,5-6,9-10,23H2,(H,24,27)(H,26,33)(H,28,34)(H,29,32)(H,30,31). The smallest absolute Gasteiger partial charge is 0.322 e. The number of fused-ring (bicyclic) bond motifs is 1. The normalized spacial score (nSPS) is 13.5. The number of nitrogens with one attached hydrogen (secondary N) is 5. The Balaban J connectivity index is 1.62. The van der Waals surface area contributed by atoms with E-state index in [9.17, 15) is 19.2 Å². The fraction of sp³-hybridized carbons (Fsp3) is 0.318. The van der Waals surface area contributed by atoms with Crippen molar-refractivity contribution >= 4 is 47.2 Å². The Bertz CT molecular complexity index is 1180. The molecule has 0 saturated carbocycles. The summed E-state index contributed by atoms with van der Waals surface area (Å²) in [5, 5.41) is 17.1. The predicted octanol–water partition coefficient (Wildman–Crippen LogP) is -0.896. The van der Waals surface area contributed by atoms with E-state index in [0.717, 1.165) is 16.5 Å². The number of imidazole rings is 1. The molecule has 2 aromatic heterocycles. The lowest BCUT2D eigenvalue weighted by Crippen LogP contribution is -2.57. The number of nitrogens with zero attached hydrogens (tertiary/aromatic N) is 1. The molecule has 0 aliphatic rings. The van der Waals surface area contributed by atoms with Crippen LogP contribution in [0.5, 0.6) is 0 Å². The molecule has 3 unspecified atom stereocenters. The van der Waals surface area contributed by atoms with E-state index in [-0.39, 0.29) is 18.6 Å². The summed E-state index contributed by atoms with van der Waals surface area (Å²) in [6, 6.07) is 4.51. The van der Waals surface area contributed by atoms with Gasteiger partial charge in [-0.25, -0.2) is 4.98 Å². The summed E-state index contributed by atoms with van der Waals surface area (Å²) >= 11 is 4.15. The summed E-state index contributed by atoms with van der Waals surface area (Å²) < 4.78 is 0. The number of aromatic amines is 2. The van der Waals surface area contributed by atoms with Crippen LogP contribution < -0.4 is 21.7 Å². The maximum Gasteiger partial charge on any atom is 0.322 e. The van der Waals surface area contributed by atoms with Gasteiger partial charge in [0.25, 0.3) is 0 Å². The highest BCUT2D eigenvalue weighted by atomic mass is 32.1. The molecule has 0 spiro atoms. The first kappa shape index (κ1) is 25.8. The van der Waals surface area contributed by atoms with Crippen LogP contribution in [0, 0.1) is 0 Å². The Hall–Kier alpha value is -3.84. The minimum Gasteiger partial charge on any atom is -0.480 e. The number of aliphatic carboxylic acids is 1. The Morgan fingerprint density at radius 3 is 2.46 bits per heavy atom. The van der Waals surface area contributed by atoms with Crippen LogP contribution in [0.4, 0.5) is 0 Å². The van der Waals surface area contributed by atoms with Crippen LogP contribution in [-0.4, -0.2) is 74.2 Å². The number of carboxylic acids is 1. The summed E-state index contributed by atoms with van der Waals surface area (Å²) in [5.41, 5.74) is 8.43. The number of thiol groups is 1. The second-order valence-corrected chi connectivity index (χ2v) is 8.23. The summed E-state index contributed by atoms with van der Waals surface area (Å²) in [6.45, 7) is -0.608. The Kier molecular flexibility index (Phi) is 8.86. The molecule has 35 heavy (non-hydrogen) atoms. The number of rotatable bonds is 12. The van der Waals surface area contributed by atoms with Crippen LogP contribution in [0.2, 0.25) is 0 Å². The SMILES string of the molecule is NC(Cc1c[nH]c2ccccc12)C(=O)NC(CS)C(=O)NC(Cc1cnc[nH]1)C(=O)NCC(=O)O. The minimum atomic E-state index is -1.23. The fourth-order valence-corrected chi connectivity index (χ4v) is 3.74. The van der Waals surface area contributed by atoms with Gasteiger partial charge < -0.3 is 36.8 Å². The predicted molar refractivity (Wildman–Crippen MR) is 131 cm³/mol. The van der Waals surface area contributed by atoms with Crippen molar-refractivity contribution in [3.05, 3.63) is 54.2 Å². The molecule has 0 radical (unpaired) electrons. The quantitative estimate of drug-likeness (QED) is 0.147. The third kappa shape index (κ3) is 7.07. The molecule has 186 valence electrons. The number of H-pyrrole nitrogens is 2. The van der Waals surface area contributed by atoms with Gasteiger partial charge >= 0.3 is 5.97 Å². The van der Waals surface area contributed by atoms with Gasteiger partial charge in [0.05, 0.1) is 12.4 Å². The molecule has 13 heteroatoms. The van der Waals surface area contributed by atoms with Crippen LogP contribution in [0.3, 0.4) is 0 Å². The highest BCUT2D eigenvalue weighted by Gasteiger charge is 2.28. The first-order valence-electron chi connectivity index (χ1n) is 10.8. The first-order valence-corrected chi connectivity index (χ1v) is 11.4. The minimum absolute atomic E-state index is 0.0322. The van der Waals surface area contributed by atoms with Gasteiger partial charge in [-0.05, 0) is 18.1 Å². The third-order valence-electron chi connectivity index (χ3n) is 5.29. The second kappa shape index (κ2) is 12.0. The van der Waals surface area contributed by atoms with E-state index < -0.39 is 48.4 Å². The monoisotopic (exact) mass is 501 g/mol. The molecule has 1 aromatic carbocycles. The number of hydrogen-bond acceptors (Lipinski definition) is 7. The van der Waals surface area contributed by atoms with Gasteiger partial charge in [0.1, 0.15) is 18.6 Å². The number of benzene rings is 1. The lowest BCUT2D eigenvalue weighted by molar-refractivity contribution is -0.138. The van der Waals surface area contributed by atoms with Crippen molar-refractivity contribution in [2.75, 3.05) is 12.3 Å². The molecule has 0 aliphatic carbocycles. The van der Waals surface area contributed by atoms with Crippen LogP contribution in [0.15, 0.2) is 43.0 Å². The van der Waals surface area contributed by atoms with Crippen LogP contribution in [0.1, 0.15) is 11.3 Å². The lowest BCUT2D eigenvalue weighted by Gasteiger charge is -2.23. The van der Waals surface area contributed by atoms with Crippen molar-refractivity contribution in [3.63, 3.8) is 0 Å². The highest BCUT2D eigenvalue weighted by Crippen LogP contribution is 2.18. The van der Waals surface area contributed by atoms with E-state index in [4.69, 9.17) is 10.8 Å². The van der Waals surface area contributed by atoms with Gasteiger partial charge in [0.2, 0.25) is 17.7 Å². The van der Waals surface area contributed by atoms with Gasteiger partial charge in [0.15, 0.2) is 0 Å². The molecular weight excluding hydrogens is 474 g/mol. The highest BCUT2D eigenvalue weighted by molar-refractivity contribution is 7.80. The molecule has 3 atom stereocenters. The zero-order valence-corrected chi connectivity index (χ0v) is 19.5. The first-order chi connectivity index (χ1) is 16.8. The molecule has 0 bridgehead atoms. The average Bonchev–Trinajstić information content (AvgIpc) is 3.50. The van der Waals surface area contributed by atoms with Crippen molar-refractivity contribution in [2.45, 2.75) is 31.0 Å². The molecule has 3 rings (SSSR count). The van der Waals surface area contributed by atoms with Crippen LogP contribution in [0.25, 0.3) is 10.9 Å². The van der Waals surface area contributed by atoms with Gasteiger partial charge in [-0.15, -0.1) is 0 Å². The Morgan fingerprint density at radius 1 is 1.03 bits per heavy atom.